The van der Waals surface area contributed by atoms with E-state index < -0.39 is 0 Å². The van der Waals surface area contributed by atoms with Crippen molar-refractivity contribution in [1.82, 2.24) is 14.6 Å². The van der Waals surface area contributed by atoms with Gasteiger partial charge in [-0.2, -0.15) is 5.10 Å². The predicted molar refractivity (Wildman–Crippen MR) is 99.2 cm³/mol. The number of fused-ring (bicyclic) bond motifs is 1. The molecule has 0 saturated heterocycles. The lowest BCUT2D eigenvalue weighted by Crippen LogP contribution is -2.18. The van der Waals surface area contributed by atoms with Gasteiger partial charge in [0.25, 0.3) is 5.91 Å². The Morgan fingerprint density at radius 3 is 2.74 bits per heavy atom. The molecule has 9 nitrogen and oxygen atoms in total. The van der Waals surface area contributed by atoms with Gasteiger partial charge >= 0.3 is 0 Å². The maximum Gasteiger partial charge on any atom is 0.259 e. The van der Waals surface area contributed by atoms with Gasteiger partial charge in [0.15, 0.2) is 5.65 Å². The first-order valence-electron chi connectivity index (χ1n) is 8.11. The summed E-state index contributed by atoms with van der Waals surface area (Å²) >= 11 is 0. The molecular formula is C18H19N5O4. The van der Waals surface area contributed by atoms with Crippen molar-refractivity contribution in [2.75, 3.05) is 31.5 Å². The van der Waals surface area contributed by atoms with Crippen LogP contribution in [0.25, 0.3) is 5.65 Å². The summed E-state index contributed by atoms with van der Waals surface area (Å²) in [4.78, 5) is 28.5. The second kappa shape index (κ2) is 7.83. The van der Waals surface area contributed by atoms with Crippen LogP contribution in [0.15, 0.2) is 36.7 Å². The second-order valence-corrected chi connectivity index (χ2v) is 5.71. The number of aryl methyl sites for hydroxylation is 1. The van der Waals surface area contributed by atoms with Crippen LogP contribution in [0.4, 0.5) is 11.4 Å². The van der Waals surface area contributed by atoms with Crippen LogP contribution in [0.3, 0.4) is 0 Å². The highest BCUT2D eigenvalue weighted by Gasteiger charge is 2.15. The minimum Gasteiger partial charge on any atom is -0.494 e. The smallest absolute Gasteiger partial charge is 0.259 e. The lowest BCUT2D eigenvalue weighted by molar-refractivity contribution is -0.119. The third-order valence-corrected chi connectivity index (χ3v) is 3.91. The highest BCUT2D eigenvalue weighted by molar-refractivity contribution is 6.05. The summed E-state index contributed by atoms with van der Waals surface area (Å²) in [5.41, 5.74) is 2.75. The van der Waals surface area contributed by atoms with Crippen molar-refractivity contribution in [2.45, 2.75) is 6.92 Å². The Morgan fingerprint density at radius 1 is 1.19 bits per heavy atom. The quantitative estimate of drug-likeness (QED) is 0.687. The monoisotopic (exact) mass is 369 g/mol. The largest absolute Gasteiger partial charge is 0.494 e. The molecule has 0 aliphatic rings. The number of nitrogens with one attached hydrogen (secondary N) is 2. The highest BCUT2D eigenvalue weighted by atomic mass is 16.5. The normalized spacial score (nSPS) is 10.6. The van der Waals surface area contributed by atoms with Gasteiger partial charge in [-0.25, -0.2) is 9.50 Å². The molecule has 0 radical (unpaired) electrons. The van der Waals surface area contributed by atoms with Gasteiger partial charge < -0.3 is 20.1 Å². The number of anilines is 2. The van der Waals surface area contributed by atoms with Gasteiger partial charge in [-0.05, 0) is 19.1 Å². The number of carbonyl (C=O) groups excluding carboxylic acids is 2. The molecule has 9 heteroatoms. The summed E-state index contributed by atoms with van der Waals surface area (Å²) < 4.78 is 11.7. The molecular weight excluding hydrogens is 350 g/mol. The van der Waals surface area contributed by atoms with Gasteiger partial charge in [0.05, 0.1) is 30.3 Å². The third kappa shape index (κ3) is 3.87. The van der Waals surface area contributed by atoms with Crippen molar-refractivity contribution >= 4 is 28.8 Å². The predicted octanol–water partition coefficient (Wildman–Crippen LogP) is 1.88. The van der Waals surface area contributed by atoms with Crippen LogP contribution in [0, 0.1) is 6.92 Å². The summed E-state index contributed by atoms with van der Waals surface area (Å²) in [6.45, 7) is 1.73. The minimum atomic E-state index is -0.323. The number of carbonyl (C=O) groups is 2. The zero-order chi connectivity index (χ0) is 19.4. The van der Waals surface area contributed by atoms with Crippen LogP contribution in [-0.4, -0.2) is 47.2 Å². The number of nitrogens with zero attached hydrogens (tertiary/aromatic N) is 3. The molecule has 3 rings (SSSR count). The Kier molecular flexibility index (Phi) is 5.32. The first kappa shape index (κ1) is 18.3. The summed E-state index contributed by atoms with van der Waals surface area (Å²) in [7, 11) is 2.92. The number of amides is 2. The van der Waals surface area contributed by atoms with E-state index in [2.05, 4.69) is 20.7 Å². The van der Waals surface area contributed by atoms with Crippen molar-refractivity contribution in [3.63, 3.8) is 0 Å². The number of benzene rings is 1. The number of methoxy groups -OCH3 is 2. The highest BCUT2D eigenvalue weighted by Crippen LogP contribution is 2.28. The van der Waals surface area contributed by atoms with Crippen LogP contribution >= 0.6 is 0 Å². The first-order valence-corrected chi connectivity index (χ1v) is 8.11. The molecule has 0 unspecified atom stereocenters. The van der Waals surface area contributed by atoms with Crippen molar-refractivity contribution in [3.8, 4) is 5.75 Å². The lowest BCUT2D eigenvalue weighted by Gasteiger charge is -2.13. The summed E-state index contributed by atoms with van der Waals surface area (Å²) in [6, 6.07) is 6.69. The molecule has 0 bridgehead atoms. The maximum absolute atomic E-state index is 12.6. The molecule has 0 saturated carbocycles. The van der Waals surface area contributed by atoms with E-state index in [9.17, 15) is 9.59 Å². The molecule has 0 atom stereocenters. The SMILES string of the molecule is COCC(=O)Nc1ccc(NC(=O)c2cnc3ccnn3c2C)cc1OC. The molecule has 0 fully saturated rings. The van der Waals surface area contributed by atoms with Gasteiger partial charge in [0, 0.05) is 31.1 Å². The third-order valence-electron chi connectivity index (χ3n) is 3.91. The molecule has 0 aliphatic heterocycles. The molecule has 1 aromatic carbocycles. The summed E-state index contributed by atoms with van der Waals surface area (Å²) in [5.74, 6) is -0.216. The van der Waals surface area contributed by atoms with E-state index in [1.54, 1.807) is 41.9 Å². The van der Waals surface area contributed by atoms with Crippen LogP contribution in [0.5, 0.6) is 5.75 Å². The van der Waals surface area contributed by atoms with Gasteiger partial charge in [-0.3, -0.25) is 9.59 Å². The average Bonchev–Trinajstić information content (AvgIpc) is 3.13. The lowest BCUT2D eigenvalue weighted by atomic mass is 10.2. The van der Waals surface area contributed by atoms with E-state index in [1.807, 2.05) is 0 Å². The van der Waals surface area contributed by atoms with Crippen LogP contribution < -0.4 is 15.4 Å². The van der Waals surface area contributed by atoms with Crippen LogP contribution in [-0.2, 0) is 9.53 Å². The van der Waals surface area contributed by atoms with E-state index in [4.69, 9.17) is 9.47 Å². The molecule has 3 aromatic rings. The van der Waals surface area contributed by atoms with E-state index in [0.29, 0.717) is 34.0 Å². The summed E-state index contributed by atoms with van der Waals surface area (Å²) in [5, 5.41) is 9.63. The summed E-state index contributed by atoms with van der Waals surface area (Å²) in [6.07, 6.45) is 3.14. The van der Waals surface area contributed by atoms with Gasteiger partial charge in [-0.15, -0.1) is 0 Å². The molecule has 0 aliphatic carbocycles. The van der Waals surface area contributed by atoms with E-state index in [0.717, 1.165) is 0 Å². The average molecular weight is 369 g/mol. The Labute approximate surface area is 155 Å². The molecule has 2 amide bonds. The van der Waals surface area contributed by atoms with Crippen molar-refractivity contribution in [1.29, 1.82) is 0 Å². The number of hydrogen-bond acceptors (Lipinski definition) is 6. The molecule has 2 heterocycles. The molecule has 27 heavy (non-hydrogen) atoms. The number of aromatic nitrogens is 3. The zero-order valence-corrected chi connectivity index (χ0v) is 15.1. The van der Waals surface area contributed by atoms with Crippen LogP contribution in [0.2, 0.25) is 0 Å². The maximum atomic E-state index is 12.6. The van der Waals surface area contributed by atoms with E-state index in [-0.39, 0.29) is 18.4 Å². The Balaban J connectivity index is 1.81. The van der Waals surface area contributed by atoms with Crippen molar-refractivity contribution in [3.05, 3.63) is 47.9 Å². The van der Waals surface area contributed by atoms with Crippen LogP contribution in [0.1, 0.15) is 16.1 Å². The van der Waals surface area contributed by atoms with E-state index in [1.165, 1.54) is 20.4 Å². The Morgan fingerprint density at radius 2 is 2.00 bits per heavy atom. The van der Waals surface area contributed by atoms with Gasteiger partial charge in [0.1, 0.15) is 12.4 Å². The number of ether oxygens (including phenoxy) is 2. The van der Waals surface area contributed by atoms with Gasteiger partial charge in [-0.1, -0.05) is 0 Å². The first-order chi connectivity index (χ1) is 13.0. The fourth-order valence-electron chi connectivity index (χ4n) is 2.60. The second-order valence-electron chi connectivity index (χ2n) is 5.71. The molecule has 0 spiro atoms. The minimum absolute atomic E-state index is 0.0657. The molecule has 140 valence electrons. The van der Waals surface area contributed by atoms with Crippen molar-refractivity contribution in [2.24, 2.45) is 0 Å². The molecule has 2 N–H and O–H groups in total. The fourth-order valence-corrected chi connectivity index (χ4v) is 2.60. The Hall–Kier alpha value is -3.46. The fraction of sp³-hybridized carbons (Fsp3) is 0.222. The van der Waals surface area contributed by atoms with Gasteiger partial charge in [0.2, 0.25) is 5.91 Å². The van der Waals surface area contributed by atoms with Crippen molar-refractivity contribution < 1.29 is 19.1 Å². The number of hydrogen-bond donors (Lipinski definition) is 2. The van der Waals surface area contributed by atoms with E-state index >= 15 is 0 Å². The standard InChI is InChI=1S/C18H19N5O4/c1-11-13(9-19-16-6-7-20-23(11)16)18(25)21-12-4-5-14(15(8-12)27-3)22-17(24)10-26-2/h4-9H,10H2,1-3H3,(H,21,25)(H,22,24). The molecule has 2 aromatic heterocycles. The zero-order valence-electron chi connectivity index (χ0n) is 15.1. The topological polar surface area (TPSA) is 107 Å². The number of rotatable bonds is 6. The Bertz CT molecular complexity index is 999.